The quantitative estimate of drug-likeness (QED) is 0.299. The number of aliphatic carboxylic acids is 1. The van der Waals surface area contributed by atoms with Crippen LogP contribution in [0.5, 0.6) is 0 Å². The first-order valence-electron chi connectivity index (χ1n) is 10.5. The molecule has 0 bridgehead atoms. The second kappa shape index (κ2) is 9.00. The molecular formula is C26H24N4O3. The van der Waals surface area contributed by atoms with Gasteiger partial charge in [0.25, 0.3) is 0 Å². The van der Waals surface area contributed by atoms with Gasteiger partial charge in [0.2, 0.25) is 0 Å². The van der Waals surface area contributed by atoms with E-state index in [1.54, 1.807) is 21.3 Å². The number of carboxylic acid groups (broad SMARTS) is 1. The number of carbonyl (C=O) groups is 1. The third-order valence-corrected chi connectivity index (χ3v) is 5.59. The van der Waals surface area contributed by atoms with Gasteiger partial charge < -0.3 is 10.8 Å². The lowest BCUT2D eigenvalue weighted by molar-refractivity contribution is -0.136. The van der Waals surface area contributed by atoms with E-state index in [1.165, 1.54) is 0 Å². The molecule has 1 heterocycles. The first-order chi connectivity index (χ1) is 15.9. The molecule has 0 saturated heterocycles. The summed E-state index contributed by atoms with van der Waals surface area (Å²) in [5, 5.41) is 16.5. The molecule has 0 spiro atoms. The van der Waals surface area contributed by atoms with Crippen LogP contribution in [0.4, 0.5) is 0 Å². The first kappa shape index (κ1) is 21.8. The zero-order chi connectivity index (χ0) is 23.5. The van der Waals surface area contributed by atoms with Crippen molar-refractivity contribution in [1.29, 1.82) is 5.41 Å². The molecule has 7 heteroatoms. The van der Waals surface area contributed by atoms with E-state index in [-0.39, 0.29) is 17.9 Å². The van der Waals surface area contributed by atoms with Gasteiger partial charge in [-0.1, -0.05) is 54.6 Å². The number of para-hydroxylation sites is 1. The summed E-state index contributed by atoms with van der Waals surface area (Å²) in [5.74, 6) is -0.856. The maximum Gasteiger partial charge on any atom is 0.338 e. The molecule has 0 aliphatic rings. The number of nitrogens with two attached hydrogens (primary N) is 1. The van der Waals surface area contributed by atoms with Crippen molar-refractivity contribution in [2.75, 3.05) is 0 Å². The lowest BCUT2D eigenvalue weighted by atomic mass is 10.1. The number of amidine groups is 1. The largest absolute Gasteiger partial charge is 0.481 e. The molecule has 4 aromatic rings. The number of aryl methyl sites for hydroxylation is 1. The van der Waals surface area contributed by atoms with Crippen molar-refractivity contribution >= 4 is 11.8 Å². The summed E-state index contributed by atoms with van der Waals surface area (Å²) < 4.78 is 3.33. The Kier molecular flexibility index (Phi) is 5.95. The number of hydrogen-bond acceptors (Lipinski definition) is 3. The summed E-state index contributed by atoms with van der Waals surface area (Å²) in [6, 6.07) is 24.1. The van der Waals surface area contributed by atoms with Crippen LogP contribution in [0.2, 0.25) is 0 Å². The molecule has 7 nitrogen and oxygen atoms in total. The van der Waals surface area contributed by atoms with Gasteiger partial charge in [0.05, 0.1) is 17.1 Å². The number of hydrogen-bond donors (Lipinski definition) is 3. The molecule has 0 atom stereocenters. The van der Waals surface area contributed by atoms with Crippen molar-refractivity contribution in [3.8, 4) is 22.6 Å². The van der Waals surface area contributed by atoms with Crippen molar-refractivity contribution < 1.29 is 9.90 Å². The van der Waals surface area contributed by atoms with E-state index < -0.39 is 5.97 Å². The third-order valence-electron chi connectivity index (χ3n) is 5.59. The predicted octanol–water partition coefficient (Wildman–Crippen LogP) is 3.90. The van der Waals surface area contributed by atoms with Gasteiger partial charge in [-0.15, -0.1) is 0 Å². The van der Waals surface area contributed by atoms with Crippen molar-refractivity contribution in [2.24, 2.45) is 5.73 Å². The highest BCUT2D eigenvalue weighted by atomic mass is 16.4. The predicted molar refractivity (Wildman–Crippen MR) is 129 cm³/mol. The molecular weight excluding hydrogens is 416 g/mol. The van der Waals surface area contributed by atoms with E-state index in [1.807, 2.05) is 73.7 Å². The molecule has 0 radical (unpaired) electrons. The molecule has 4 rings (SSSR count). The second-order valence-electron chi connectivity index (χ2n) is 7.77. The lowest BCUT2D eigenvalue weighted by Gasteiger charge is -2.09. The molecule has 0 aliphatic carbocycles. The fourth-order valence-corrected chi connectivity index (χ4v) is 3.94. The summed E-state index contributed by atoms with van der Waals surface area (Å²) in [5.41, 5.74) is 10.7. The molecule has 1 aromatic heterocycles. The Morgan fingerprint density at radius 2 is 1.52 bits per heavy atom. The highest BCUT2D eigenvalue weighted by molar-refractivity contribution is 5.95. The maximum absolute atomic E-state index is 13.7. The van der Waals surface area contributed by atoms with E-state index in [0.717, 1.165) is 28.2 Å². The molecule has 0 aliphatic heterocycles. The number of nitrogen functional groups attached to an aromatic ring is 1. The van der Waals surface area contributed by atoms with Gasteiger partial charge in [-0.05, 0) is 43.2 Å². The molecule has 33 heavy (non-hydrogen) atoms. The Labute approximate surface area is 190 Å². The number of benzene rings is 3. The highest BCUT2D eigenvalue weighted by Crippen LogP contribution is 2.28. The minimum Gasteiger partial charge on any atom is -0.481 e. The summed E-state index contributed by atoms with van der Waals surface area (Å²) in [7, 11) is 0. The van der Waals surface area contributed by atoms with Gasteiger partial charge in [-0.3, -0.25) is 19.3 Å². The van der Waals surface area contributed by atoms with Crippen molar-refractivity contribution in [1.82, 2.24) is 9.13 Å². The van der Waals surface area contributed by atoms with Gasteiger partial charge >= 0.3 is 11.7 Å². The number of nitrogens with one attached hydrogen (secondary N) is 1. The standard InChI is InChI=1S/C26H24N4O3/c1-17-24(19-10-12-20(13-11-19)25(27)28)30(21-5-3-2-4-6-21)26(33)29(17)22-14-7-18(8-15-22)9-16-23(31)32/h2-8,10-15H,9,16H2,1H3,(H3,27,28)(H,31,32). The normalized spacial score (nSPS) is 10.8. The van der Waals surface area contributed by atoms with E-state index in [9.17, 15) is 9.59 Å². The summed E-state index contributed by atoms with van der Waals surface area (Å²) in [4.78, 5) is 24.5. The van der Waals surface area contributed by atoms with Gasteiger partial charge in [-0.2, -0.15) is 0 Å². The van der Waals surface area contributed by atoms with E-state index in [0.29, 0.717) is 17.7 Å². The molecule has 0 amide bonds. The maximum atomic E-state index is 13.7. The Bertz CT molecular complexity index is 1370. The Hall–Kier alpha value is -4.39. The Morgan fingerprint density at radius 1 is 0.909 bits per heavy atom. The van der Waals surface area contributed by atoms with Gasteiger partial charge in [0, 0.05) is 23.2 Å². The van der Waals surface area contributed by atoms with Crippen LogP contribution in [0.1, 0.15) is 23.2 Å². The molecule has 0 unspecified atom stereocenters. The average Bonchev–Trinajstić information content (AvgIpc) is 3.08. The zero-order valence-corrected chi connectivity index (χ0v) is 18.2. The Morgan fingerprint density at radius 3 is 2.09 bits per heavy atom. The Balaban J connectivity index is 1.87. The van der Waals surface area contributed by atoms with Crippen LogP contribution in [0.15, 0.2) is 83.7 Å². The minimum atomic E-state index is -0.841. The van der Waals surface area contributed by atoms with Crippen LogP contribution < -0.4 is 11.4 Å². The smallest absolute Gasteiger partial charge is 0.338 e. The van der Waals surface area contributed by atoms with E-state index in [4.69, 9.17) is 16.2 Å². The summed E-state index contributed by atoms with van der Waals surface area (Å²) >= 11 is 0. The average molecular weight is 441 g/mol. The van der Waals surface area contributed by atoms with Crippen molar-refractivity contribution in [2.45, 2.75) is 19.8 Å². The molecule has 0 saturated carbocycles. The fourth-order valence-electron chi connectivity index (χ4n) is 3.94. The third kappa shape index (κ3) is 4.34. The number of carboxylic acids is 1. The van der Waals surface area contributed by atoms with Crippen LogP contribution in [-0.2, 0) is 11.2 Å². The van der Waals surface area contributed by atoms with E-state index in [2.05, 4.69) is 0 Å². The highest BCUT2D eigenvalue weighted by Gasteiger charge is 2.20. The summed E-state index contributed by atoms with van der Waals surface area (Å²) in [6.45, 7) is 1.90. The molecule has 3 aromatic carbocycles. The fraction of sp³-hybridized carbons (Fsp3) is 0.115. The minimum absolute atomic E-state index is 0.0146. The molecule has 166 valence electrons. The zero-order valence-electron chi connectivity index (χ0n) is 18.2. The number of imidazole rings is 1. The second-order valence-corrected chi connectivity index (χ2v) is 7.77. The van der Waals surface area contributed by atoms with Crippen LogP contribution in [-0.4, -0.2) is 26.0 Å². The lowest BCUT2D eigenvalue weighted by Crippen LogP contribution is -2.22. The van der Waals surface area contributed by atoms with Crippen LogP contribution in [0.25, 0.3) is 22.6 Å². The summed E-state index contributed by atoms with van der Waals surface area (Å²) in [6.07, 6.45) is 0.491. The SMILES string of the molecule is Cc1c(-c2ccc(C(=N)N)cc2)n(-c2ccccc2)c(=O)n1-c1ccc(CCC(=O)O)cc1. The van der Waals surface area contributed by atoms with Gasteiger partial charge in [0.1, 0.15) is 5.84 Å². The number of nitrogens with zero attached hydrogens (tertiary/aromatic N) is 2. The van der Waals surface area contributed by atoms with Crippen LogP contribution in [0, 0.1) is 12.3 Å². The first-order valence-corrected chi connectivity index (χ1v) is 10.5. The van der Waals surface area contributed by atoms with E-state index >= 15 is 0 Å². The van der Waals surface area contributed by atoms with Crippen molar-refractivity contribution in [3.63, 3.8) is 0 Å². The molecule has 0 fully saturated rings. The van der Waals surface area contributed by atoms with Crippen LogP contribution in [0.3, 0.4) is 0 Å². The number of rotatable bonds is 7. The van der Waals surface area contributed by atoms with Crippen molar-refractivity contribution in [3.05, 3.63) is 106 Å². The van der Waals surface area contributed by atoms with Gasteiger partial charge in [-0.25, -0.2) is 4.79 Å². The monoisotopic (exact) mass is 440 g/mol. The van der Waals surface area contributed by atoms with Gasteiger partial charge in [0.15, 0.2) is 0 Å². The molecule has 4 N–H and O–H groups in total. The topological polar surface area (TPSA) is 114 Å². The number of aromatic nitrogens is 2. The van der Waals surface area contributed by atoms with Crippen LogP contribution >= 0.6 is 0 Å².